The number of hydrogen-bond donors (Lipinski definition) is 3. The van der Waals surface area contributed by atoms with E-state index >= 15 is 0 Å². The number of amides is 3. The molecule has 1 unspecified atom stereocenters. The van der Waals surface area contributed by atoms with Crippen LogP contribution in [0.4, 0.5) is 10.8 Å². The van der Waals surface area contributed by atoms with Crippen LogP contribution in [0.5, 0.6) is 5.75 Å². The van der Waals surface area contributed by atoms with Crippen molar-refractivity contribution in [3.63, 3.8) is 0 Å². The molecular formula is C33H28N4O4S2. The first-order valence-electron chi connectivity index (χ1n) is 13.3. The molecule has 4 aromatic carbocycles. The maximum Gasteiger partial charge on any atom is 0.272 e. The fraction of sp³-hybridized carbons (Fsp3) is 0.0909. The van der Waals surface area contributed by atoms with Gasteiger partial charge in [0.1, 0.15) is 11.4 Å². The van der Waals surface area contributed by atoms with Crippen LogP contribution in [0.3, 0.4) is 0 Å². The molecule has 5 rings (SSSR count). The van der Waals surface area contributed by atoms with E-state index in [2.05, 4.69) is 20.9 Å². The second kappa shape index (κ2) is 13.8. The molecule has 0 aliphatic carbocycles. The van der Waals surface area contributed by atoms with Gasteiger partial charge in [-0.15, -0.1) is 11.8 Å². The summed E-state index contributed by atoms with van der Waals surface area (Å²) in [5.74, 6) is -0.284. The van der Waals surface area contributed by atoms with E-state index in [1.54, 1.807) is 49.6 Å². The van der Waals surface area contributed by atoms with E-state index in [0.29, 0.717) is 16.4 Å². The lowest BCUT2D eigenvalue weighted by Gasteiger charge is -2.13. The third-order valence-corrected chi connectivity index (χ3v) is 8.30. The molecule has 0 bridgehead atoms. The van der Waals surface area contributed by atoms with Crippen molar-refractivity contribution in [3.8, 4) is 5.75 Å². The van der Waals surface area contributed by atoms with E-state index in [9.17, 15) is 14.4 Å². The molecule has 1 aromatic heterocycles. The van der Waals surface area contributed by atoms with Crippen molar-refractivity contribution in [2.45, 2.75) is 17.1 Å². The summed E-state index contributed by atoms with van der Waals surface area (Å²) in [6, 6.07) is 30.7. The Morgan fingerprint density at radius 2 is 1.58 bits per heavy atom. The third kappa shape index (κ3) is 7.88. The van der Waals surface area contributed by atoms with Gasteiger partial charge in [0.15, 0.2) is 5.13 Å². The first-order valence-corrected chi connectivity index (χ1v) is 15.0. The number of benzene rings is 4. The number of methoxy groups -OCH3 is 1. The van der Waals surface area contributed by atoms with Crippen LogP contribution in [-0.2, 0) is 9.59 Å². The standard InChI is InChI=1S/C33H28N4O4S2/c1-21(30(38)37-33-36-27-18-15-25(41-2)20-29(27)43-33)42-26-16-13-24(14-17-26)34-32(40)28(19-22-9-5-3-6-10-22)35-31(39)23-11-7-4-8-12-23/h3-21H,1-2H3,(H,34,40)(H,35,39)(H,36,37,38)/b28-19-. The molecule has 216 valence electrons. The lowest BCUT2D eigenvalue weighted by molar-refractivity contribution is -0.115. The predicted octanol–water partition coefficient (Wildman–Crippen LogP) is 6.83. The van der Waals surface area contributed by atoms with Gasteiger partial charge in [-0.2, -0.15) is 0 Å². The van der Waals surface area contributed by atoms with Crippen LogP contribution >= 0.6 is 23.1 Å². The molecule has 8 nitrogen and oxygen atoms in total. The number of thioether (sulfide) groups is 1. The number of fused-ring (bicyclic) bond motifs is 1. The van der Waals surface area contributed by atoms with Crippen LogP contribution in [0.1, 0.15) is 22.8 Å². The van der Waals surface area contributed by atoms with Gasteiger partial charge in [0.2, 0.25) is 5.91 Å². The lowest BCUT2D eigenvalue weighted by Crippen LogP contribution is -2.30. The fourth-order valence-electron chi connectivity index (χ4n) is 4.02. The Labute approximate surface area is 257 Å². The summed E-state index contributed by atoms with van der Waals surface area (Å²) in [7, 11) is 1.61. The summed E-state index contributed by atoms with van der Waals surface area (Å²) in [5.41, 5.74) is 2.66. The van der Waals surface area contributed by atoms with Crippen LogP contribution in [0.25, 0.3) is 16.3 Å². The summed E-state index contributed by atoms with van der Waals surface area (Å²) in [6.45, 7) is 1.82. The SMILES string of the molecule is COc1ccc2nc(NC(=O)C(C)Sc3ccc(NC(=O)/C(=C/c4ccccc4)NC(=O)c4ccccc4)cc3)sc2c1. The van der Waals surface area contributed by atoms with Gasteiger partial charge in [-0.1, -0.05) is 59.9 Å². The molecule has 5 aromatic rings. The van der Waals surface area contributed by atoms with Crippen LogP contribution in [0.15, 0.2) is 114 Å². The van der Waals surface area contributed by atoms with E-state index < -0.39 is 11.2 Å². The number of carbonyl (C=O) groups is 3. The Morgan fingerprint density at radius 3 is 2.28 bits per heavy atom. The molecule has 3 N–H and O–H groups in total. The minimum absolute atomic E-state index is 0.108. The average molecular weight is 609 g/mol. The van der Waals surface area contributed by atoms with Crippen LogP contribution in [0.2, 0.25) is 0 Å². The molecule has 10 heteroatoms. The topological polar surface area (TPSA) is 109 Å². The summed E-state index contributed by atoms with van der Waals surface area (Å²) in [4.78, 5) is 44.3. The van der Waals surface area contributed by atoms with Crippen LogP contribution in [-0.4, -0.2) is 35.1 Å². The van der Waals surface area contributed by atoms with Crippen molar-refractivity contribution >= 4 is 67.9 Å². The molecule has 0 aliphatic rings. The normalized spacial score (nSPS) is 11.9. The molecule has 3 amide bonds. The summed E-state index contributed by atoms with van der Waals surface area (Å²) >= 11 is 2.78. The number of thiazole rings is 1. The van der Waals surface area contributed by atoms with Crippen LogP contribution < -0.4 is 20.7 Å². The Balaban J connectivity index is 1.21. The van der Waals surface area contributed by atoms with Gasteiger partial charge in [-0.3, -0.25) is 14.4 Å². The van der Waals surface area contributed by atoms with E-state index in [1.165, 1.54) is 23.1 Å². The number of aromatic nitrogens is 1. The molecule has 0 spiro atoms. The fourth-order valence-corrected chi connectivity index (χ4v) is 5.79. The lowest BCUT2D eigenvalue weighted by atomic mass is 10.1. The Morgan fingerprint density at radius 1 is 0.884 bits per heavy atom. The monoisotopic (exact) mass is 608 g/mol. The maximum absolute atomic E-state index is 13.2. The first-order chi connectivity index (χ1) is 20.9. The van der Waals surface area contributed by atoms with Crippen molar-refractivity contribution < 1.29 is 19.1 Å². The minimum Gasteiger partial charge on any atom is -0.497 e. The molecule has 0 radical (unpaired) electrons. The van der Waals surface area contributed by atoms with Gasteiger partial charge in [0, 0.05) is 16.1 Å². The minimum atomic E-state index is -0.463. The number of nitrogens with one attached hydrogen (secondary N) is 3. The first kappa shape index (κ1) is 29.6. The maximum atomic E-state index is 13.2. The van der Waals surface area contributed by atoms with E-state index in [-0.39, 0.29) is 17.5 Å². The highest BCUT2D eigenvalue weighted by Gasteiger charge is 2.18. The quantitative estimate of drug-likeness (QED) is 0.118. The van der Waals surface area contributed by atoms with Gasteiger partial charge in [0.05, 0.1) is 22.6 Å². The number of ether oxygens (including phenoxy) is 1. The second-order valence-electron chi connectivity index (χ2n) is 9.37. The van der Waals surface area contributed by atoms with Crippen LogP contribution in [0, 0.1) is 0 Å². The van der Waals surface area contributed by atoms with E-state index in [1.807, 2.05) is 73.7 Å². The number of hydrogen-bond acceptors (Lipinski definition) is 7. The average Bonchev–Trinajstić information content (AvgIpc) is 3.43. The second-order valence-corrected chi connectivity index (χ2v) is 11.8. The van der Waals surface area contributed by atoms with Crippen molar-refractivity contribution in [3.05, 3.63) is 120 Å². The van der Waals surface area contributed by atoms with Crippen molar-refractivity contribution in [2.75, 3.05) is 17.7 Å². The molecule has 0 saturated heterocycles. The summed E-state index contributed by atoms with van der Waals surface area (Å²) in [5, 5.41) is 8.61. The number of nitrogens with zero attached hydrogens (tertiary/aromatic N) is 1. The molecule has 0 aliphatic heterocycles. The number of anilines is 2. The van der Waals surface area contributed by atoms with E-state index in [4.69, 9.17) is 4.74 Å². The van der Waals surface area contributed by atoms with Crippen molar-refractivity contribution in [1.29, 1.82) is 0 Å². The van der Waals surface area contributed by atoms with Gasteiger partial charge in [-0.25, -0.2) is 4.98 Å². The summed E-state index contributed by atoms with van der Waals surface area (Å²) < 4.78 is 6.18. The number of rotatable bonds is 10. The highest BCUT2D eigenvalue weighted by atomic mass is 32.2. The third-order valence-electron chi connectivity index (χ3n) is 6.26. The largest absolute Gasteiger partial charge is 0.497 e. The summed E-state index contributed by atoms with van der Waals surface area (Å²) in [6.07, 6.45) is 1.63. The predicted molar refractivity (Wildman–Crippen MR) is 174 cm³/mol. The Kier molecular flexibility index (Phi) is 9.50. The molecule has 1 heterocycles. The zero-order valence-corrected chi connectivity index (χ0v) is 25.0. The molecule has 0 saturated carbocycles. The Bertz CT molecular complexity index is 1770. The molecule has 1 atom stereocenters. The van der Waals surface area contributed by atoms with Crippen molar-refractivity contribution in [1.82, 2.24) is 10.3 Å². The number of carbonyl (C=O) groups excluding carboxylic acids is 3. The smallest absolute Gasteiger partial charge is 0.272 e. The molecule has 43 heavy (non-hydrogen) atoms. The Hall–Kier alpha value is -4.93. The highest BCUT2D eigenvalue weighted by Crippen LogP contribution is 2.31. The highest BCUT2D eigenvalue weighted by molar-refractivity contribution is 8.00. The van der Waals surface area contributed by atoms with Gasteiger partial charge in [-0.05, 0) is 73.2 Å². The molecule has 0 fully saturated rings. The van der Waals surface area contributed by atoms with Gasteiger partial charge >= 0.3 is 0 Å². The van der Waals surface area contributed by atoms with Gasteiger partial charge < -0.3 is 20.7 Å². The zero-order chi connectivity index (χ0) is 30.2. The van der Waals surface area contributed by atoms with Crippen molar-refractivity contribution in [2.24, 2.45) is 0 Å². The van der Waals surface area contributed by atoms with E-state index in [0.717, 1.165) is 26.4 Å². The molecular weight excluding hydrogens is 581 g/mol. The van der Waals surface area contributed by atoms with Gasteiger partial charge in [0.25, 0.3) is 11.8 Å². The zero-order valence-electron chi connectivity index (χ0n) is 23.4.